The lowest BCUT2D eigenvalue weighted by Crippen LogP contribution is -2.51. The van der Waals surface area contributed by atoms with E-state index in [1.54, 1.807) is 0 Å². The van der Waals surface area contributed by atoms with Gasteiger partial charge in [0, 0.05) is 6.07 Å². The number of aromatic amines is 1. The van der Waals surface area contributed by atoms with E-state index in [0.29, 0.717) is 0 Å². The van der Waals surface area contributed by atoms with Gasteiger partial charge in [0.1, 0.15) is 24.9 Å². The van der Waals surface area contributed by atoms with Gasteiger partial charge in [-0.3, -0.25) is 18.9 Å². The normalized spacial score (nSPS) is 28.2. The quantitative estimate of drug-likeness (QED) is 0.285. The number of hydrogen-bond acceptors (Lipinski definition) is 7. The van der Waals surface area contributed by atoms with Crippen LogP contribution in [0.3, 0.4) is 0 Å². The van der Waals surface area contributed by atoms with Crippen molar-refractivity contribution in [1.82, 2.24) is 9.55 Å². The van der Waals surface area contributed by atoms with Crippen LogP contribution in [0.25, 0.3) is 0 Å². The third kappa shape index (κ3) is 3.94. The molecular weight excluding hydrogens is 337 g/mol. The molecule has 0 bridgehead atoms. The second-order valence-corrected chi connectivity index (χ2v) is 6.12. The zero-order valence-corrected chi connectivity index (χ0v) is 12.6. The average Bonchev–Trinajstić information content (AvgIpc) is 2.71. The fourth-order valence-corrected chi connectivity index (χ4v) is 2.62. The number of rotatable bonds is 5. The Kier molecular flexibility index (Phi) is 5.18. The molecule has 0 spiro atoms. The van der Waals surface area contributed by atoms with Gasteiger partial charge in [0.25, 0.3) is 5.56 Å². The number of phosphoric acid groups is 1. The molecule has 12 nitrogen and oxygen atoms in total. The van der Waals surface area contributed by atoms with Crippen LogP contribution in [0.2, 0.25) is 0 Å². The first-order valence-electron chi connectivity index (χ1n) is 6.49. The standard InChI is InChI=1S/C10H16N3O9P/c11-2-4-1-6(14)12-10(17)13(4)9-8(16)7(15)5(22-9)3-21-23(18,19)20/h1,5,7-9,15-16H,2-3,11H2,(H,12,14,17)(H2,18,19,20)/p+1/t5-,7-,8-,9-/m1/s1. The van der Waals surface area contributed by atoms with E-state index < -0.39 is 50.2 Å². The average molecular weight is 354 g/mol. The molecule has 0 radical (unpaired) electrons. The molecule has 1 saturated heterocycles. The highest BCUT2D eigenvalue weighted by Gasteiger charge is 2.45. The van der Waals surface area contributed by atoms with Gasteiger partial charge < -0.3 is 30.5 Å². The predicted molar refractivity (Wildman–Crippen MR) is 71.8 cm³/mol. The molecule has 8 N–H and O–H groups in total. The van der Waals surface area contributed by atoms with E-state index in [-0.39, 0.29) is 12.2 Å². The van der Waals surface area contributed by atoms with Crippen molar-refractivity contribution in [3.05, 3.63) is 32.6 Å². The Bertz CT molecular complexity index is 725. The smallest absolute Gasteiger partial charge is 0.387 e. The maximum absolute atomic E-state index is 11.9. The van der Waals surface area contributed by atoms with Crippen molar-refractivity contribution in [3.63, 3.8) is 0 Å². The number of H-pyrrole nitrogens is 1. The Morgan fingerprint density at radius 1 is 1.35 bits per heavy atom. The van der Waals surface area contributed by atoms with E-state index in [1.807, 2.05) is 4.98 Å². The molecule has 0 saturated carbocycles. The molecule has 2 heterocycles. The highest BCUT2D eigenvalue weighted by molar-refractivity contribution is 7.46. The summed E-state index contributed by atoms with van der Waals surface area (Å²) in [6, 6.07) is 1.09. The number of nitrogens with zero attached hydrogens (tertiary/aromatic N) is 1. The van der Waals surface area contributed by atoms with Gasteiger partial charge in [-0.15, -0.1) is 0 Å². The SMILES string of the molecule is [NH3+]Cc1cc(=O)[nH]c(=O)n1[C@@H]1O[C@H](COP(=O)(O)O)[C@@H](O)[C@H]1O. The summed E-state index contributed by atoms with van der Waals surface area (Å²) in [5, 5.41) is 19.9. The lowest BCUT2D eigenvalue weighted by molar-refractivity contribution is -0.388. The summed E-state index contributed by atoms with van der Waals surface area (Å²) in [6.45, 7) is -0.664. The van der Waals surface area contributed by atoms with Gasteiger partial charge in [0.2, 0.25) is 0 Å². The van der Waals surface area contributed by atoms with Crippen LogP contribution in [-0.2, 0) is 20.4 Å². The summed E-state index contributed by atoms with van der Waals surface area (Å²) in [7, 11) is -4.79. The first kappa shape index (κ1) is 18.0. The molecular formula is C10H17N3O9P+. The Balaban J connectivity index is 2.30. The van der Waals surface area contributed by atoms with Crippen molar-refractivity contribution in [1.29, 1.82) is 0 Å². The maximum atomic E-state index is 11.9. The van der Waals surface area contributed by atoms with E-state index in [2.05, 4.69) is 10.3 Å². The Labute approximate surface area is 128 Å². The highest BCUT2D eigenvalue weighted by Crippen LogP contribution is 2.38. The van der Waals surface area contributed by atoms with Crippen LogP contribution in [-0.4, -0.2) is 54.5 Å². The number of phosphoric ester groups is 1. The van der Waals surface area contributed by atoms with Crippen LogP contribution in [0, 0.1) is 0 Å². The maximum Gasteiger partial charge on any atom is 0.469 e. The van der Waals surface area contributed by atoms with Crippen LogP contribution < -0.4 is 17.0 Å². The van der Waals surface area contributed by atoms with Gasteiger partial charge in [-0.05, 0) is 0 Å². The second-order valence-electron chi connectivity index (χ2n) is 4.88. The van der Waals surface area contributed by atoms with Crippen molar-refractivity contribution in [3.8, 4) is 0 Å². The van der Waals surface area contributed by atoms with Gasteiger partial charge in [-0.2, -0.15) is 0 Å². The van der Waals surface area contributed by atoms with Gasteiger partial charge >= 0.3 is 13.5 Å². The lowest BCUT2D eigenvalue weighted by Gasteiger charge is -2.19. The molecule has 13 heteroatoms. The predicted octanol–water partition coefficient (Wildman–Crippen LogP) is -3.99. The minimum absolute atomic E-state index is 0.0332. The summed E-state index contributed by atoms with van der Waals surface area (Å²) in [5.41, 5.74) is 2.20. The molecule has 130 valence electrons. The topological polar surface area (TPSA) is 199 Å². The Morgan fingerprint density at radius 3 is 2.57 bits per heavy atom. The molecule has 0 amide bonds. The van der Waals surface area contributed by atoms with E-state index in [1.165, 1.54) is 0 Å². The molecule has 2 rings (SSSR count). The minimum atomic E-state index is -4.79. The zero-order chi connectivity index (χ0) is 17.4. The molecule has 1 fully saturated rings. The van der Waals surface area contributed by atoms with Crippen LogP contribution in [0.1, 0.15) is 11.9 Å². The molecule has 4 atom stereocenters. The summed E-state index contributed by atoms with van der Waals surface area (Å²) < 4.78 is 21.1. The van der Waals surface area contributed by atoms with E-state index in [0.717, 1.165) is 10.6 Å². The summed E-state index contributed by atoms with van der Waals surface area (Å²) in [6.07, 6.45) is -5.77. The molecule has 0 aliphatic carbocycles. The first-order valence-corrected chi connectivity index (χ1v) is 8.02. The molecule has 1 aromatic rings. The highest BCUT2D eigenvalue weighted by atomic mass is 31.2. The van der Waals surface area contributed by atoms with Gasteiger partial charge in [0.05, 0.1) is 12.3 Å². The van der Waals surface area contributed by atoms with Crippen molar-refractivity contribution in [2.24, 2.45) is 0 Å². The molecule has 23 heavy (non-hydrogen) atoms. The number of aliphatic hydroxyl groups excluding tert-OH is 2. The van der Waals surface area contributed by atoms with Crippen molar-refractivity contribution in [2.45, 2.75) is 31.1 Å². The third-order valence-corrected chi connectivity index (χ3v) is 3.80. The fraction of sp³-hybridized carbons (Fsp3) is 0.600. The second kappa shape index (κ2) is 6.63. The van der Waals surface area contributed by atoms with Crippen molar-refractivity contribution < 1.29 is 39.6 Å². The molecule has 0 unspecified atom stereocenters. The number of ether oxygens (including phenoxy) is 1. The molecule has 1 aliphatic heterocycles. The van der Waals surface area contributed by atoms with E-state index >= 15 is 0 Å². The Morgan fingerprint density at radius 2 is 2.00 bits per heavy atom. The number of quaternary nitrogens is 1. The van der Waals surface area contributed by atoms with Crippen LogP contribution >= 0.6 is 7.82 Å². The number of aromatic nitrogens is 2. The van der Waals surface area contributed by atoms with Crippen molar-refractivity contribution in [2.75, 3.05) is 6.61 Å². The van der Waals surface area contributed by atoms with E-state index in [9.17, 15) is 24.4 Å². The molecule has 0 aromatic carbocycles. The number of aliphatic hydroxyl groups is 2. The van der Waals surface area contributed by atoms with Gasteiger partial charge in [-0.25, -0.2) is 9.36 Å². The minimum Gasteiger partial charge on any atom is -0.387 e. The molecule has 1 aromatic heterocycles. The van der Waals surface area contributed by atoms with Crippen LogP contribution in [0.15, 0.2) is 15.7 Å². The Hall–Kier alpha value is -1.37. The first-order chi connectivity index (χ1) is 10.6. The van der Waals surface area contributed by atoms with Gasteiger partial charge in [-0.1, -0.05) is 0 Å². The largest absolute Gasteiger partial charge is 0.469 e. The van der Waals surface area contributed by atoms with Crippen molar-refractivity contribution >= 4 is 7.82 Å². The summed E-state index contributed by atoms with van der Waals surface area (Å²) in [4.78, 5) is 42.5. The lowest BCUT2D eigenvalue weighted by atomic mass is 10.1. The number of hydrogen-bond donors (Lipinski definition) is 6. The fourth-order valence-electron chi connectivity index (χ4n) is 2.28. The third-order valence-electron chi connectivity index (χ3n) is 3.31. The number of nitrogens with one attached hydrogen (secondary N) is 1. The van der Waals surface area contributed by atoms with Gasteiger partial charge in [0.15, 0.2) is 6.23 Å². The summed E-state index contributed by atoms with van der Waals surface area (Å²) >= 11 is 0. The van der Waals surface area contributed by atoms with Crippen LogP contribution in [0.4, 0.5) is 0 Å². The zero-order valence-electron chi connectivity index (χ0n) is 11.7. The summed E-state index contributed by atoms with van der Waals surface area (Å²) in [5.74, 6) is 0. The van der Waals surface area contributed by atoms with Crippen LogP contribution in [0.5, 0.6) is 0 Å². The molecule has 1 aliphatic rings. The monoisotopic (exact) mass is 354 g/mol. The van der Waals surface area contributed by atoms with E-state index in [4.69, 9.17) is 14.5 Å².